The Morgan fingerprint density at radius 2 is 1.89 bits per heavy atom. The van der Waals surface area contributed by atoms with E-state index in [1.807, 2.05) is 37.8 Å². The van der Waals surface area contributed by atoms with Gasteiger partial charge in [0.05, 0.1) is 0 Å². The van der Waals surface area contributed by atoms with Crippen molar-refractivity contribution in [2.45, 2.75) is 17.5 Å². The van der Waals surface area contributed by atoms with Gasteiger partial charge in [-0.25, -0.2) is 0 Å². The van der Waals surface area contributed by atoms with Crippen LogP contribution in [0.3, 0.4) is 0 Å². The van der Waals surface area contributed by atoms with Crippen LogP contribution in [0, 0.1) is 0 Å². The maximum atomic E-state index is 6.25. The lowest BCUT2D eigenvalue weighted by Crippen LogP contribution is -2.82. The third kappa shape index (κ3) is 4.04. The van der Waals surface area contributed by atoms with E-state index >= 15 is 0 Å². The number of aromatic nitrogens is 4. The van der Waals surface area contributed by atoms with Crippen molar-refractivity contribution in [2.75, 3.05) is 31.3 Å². The SMILES string of the molecule is CN(C)c1ccc([C@H]2[NH2+]C[C@@H](CSc3nnc(-c4ccncc4)n3C)O2)cc1. The van der Waals surface area contributed by atoms with Crippen LogP contribution in [0.5, 0.6) is 0 Å². The Labute approximate surface area is 169 Å². The maximum Gasteiger partial charge on any atom is 0.217 e. The number of nitrogens with zero attached hydrogens (tertiary/aromatic N) is 5. The molecule has 0 aliphatic carbocycles. The number of benzene rings is 1. The molecule has 0 radical (unpaired) electrons. The molecule has 2 atom stereocenters. The van der Waals surface area contributed by atoms with Gasteiger partial charge in [-0.05, 0) is 36.4 Å². The van der Waals surface area contributed by atoms with E-state index in [0.717, 1.165) is 28.8 Å². The minimum atomic E-state index is 0.0636. The predicted molar refractivity (Wildman–Crippen MR) is 110 cm³/mol. The van der Waals surface area contributed by atoms with E-state index < -0.39 is 0 Å². The van der Waals surface area contributed by atoms with Crippen molar-refractivity contribution in [3.63, 3.8) is 0 Å². The summed E-state index contributed by atoms with van der Waals surface area (Å²) in [7, 11) is 6.09. The average Bonchev–Trinajstić information content (AvgIpc) is 3.34. The Bertz CT molecular complexity index is 912. The third-order valence-electron chi connectivity index (χ3n) is 4.86. The highest BCUT2D eigenvalue weighted by atomic mass is 32.2. The van der Waals surface area contributed by atoms with Gasteiger partial charge in [-0.2, -0.15) is 0 Å². The van der Waals surface area contributed by atoms with E-state index in [2.05, 4.69) is 49.7 Å². The van der Waals surface area contributed by atoms with Crippen LogP contribution in [0.2, 0.25) is 0 Å². The van der Waals surface area contributed by atoms with Crippen molar-refractivity contribution in [3.05, 3.63) is 54.4 Å². The molecular formula is C20H25N6OS+. The van der Waals surface area contributed by atoms with Crippen molar-refractivity contribution < 1.29 is 10.1 Å². The van der Waals surface area contributed by atoms with Gasteiger partial charge in [0.1, 0.15) is 12.6 Å². The van der Waals surface area contributed by atoms with Gasteiger partial charge in [0.15, 0.2) is 11.0 Å². The van der Waals surface area contributed by atoms with Crippen molar-refractivity contribution in [1.82, 2.24) is 19.7 Å². The van der Waals surface area contributed by atoms with Gasteiger partial charge in [-0.15, -0.1) is 10.2 Å². The van der Waals surface area contributed by atoms with E-state index in [-0.39, 0.29) is 12.3 Å². The van der Waals surface area contributed by atoms with Gasteiger partial charge in [-0.3, -0.25) is 4.98 Å². The maximum absolute atomic E-state index is 6.25. The van der Waals surface area contributed by atoms with Crippen LogP contribution in [0.25, 0.3) is 11.4 Å². The monoisotopic (exact) mass is 397 g/mol. The smallest absolute Gasteiger partial charge is 0.217 e. The van der Waals surface area contributed by atoms with Gasteiger partial charge in [0.25, 0.3) is 0 Å². The summed E-state index contributed by atoms with van der Waals surface area (Å²) in [6, 6.07) is 12.5. The second-order valence-corrected chi connectivity index (χ2v) is 8.04. The number of ether oxygens (including phenoxy) is 1. The lowest BCUT2D eigenvalue weighted by Gasteiger charge is -2.14. The standard InChI is InChI=1S/C20H24N6OS/c1-25(2)16-6-4-15(5-7-16)19-22-12-17(27-19)13-28-20-24-23-18(26(20)3)14-8-10-21-11-9-14/h4-11,17,19,22H,12-13H2,1-3H3/p+1/t17-,19-/m0/s1. The van der Waals surface area contributed by atoms with E-state index in [1.54, 1.807) is 24.2 Å². The van der Waals surface area contributed by atoms with Gasteiger partial charge >= 0.3 is 0 Å². The second-order valence-electron chi connectivity index (χ2n) is 7.05. The molecule has 1 fully saturated rings. The molecule has 28 heavy (non-hydrogen) atoms. The fourth-order valence-corrected chi connectivity index (χ4v) is 4.17. The van der Waals surface area contributed by atoms with Crippen LogP contribution < -0.4 is 10.2 Å². The fourth-order valence-electron chi connectivity index (χ4n) is 3.24. The topological polar surface area (TPSA) is 72.7 Å². The molecule has 0 saturated carbocycles. The molecule has 0 bridgehead atoms. The molecule has 0 unspecified atom stereocenters. The van der Waals surface area contributed by atoms with Crippen molar-refractivity contribution >= 4 is 17.4 Å². The zero-order valence-corrected chi connectivity index (χ0v) is 17.1. The Morgan fingerprint density at radius 1 is 1.14 bits per heavy atom. The van der Waals surface area contributed by atoms with Crippen molar-refractivity contribution in [1.29, 1.82) is 0 Å². The highest BCUT2D eigenvalue weighted by Gasteiger charge is 2.30. The second kappa shape index (κ2) is 8.30. The van der Waals surface area contributed by atoms with Crippen LogP contribution >= 0.6 is 11.8 Å². The van der Waals surface area contributed by atoms with Crippen molar-refractivity contribution in [3.8, 4) is 11.4 Å². The minimum absolute atomic E-state index is 0.0636. The van der Waals surface area contributed by atoms with Gasteiger partial charge < -0.3 is 19.5 Å². The van der Waals surface area contributed by atoms with Crippen LogP contribution in [0.15, 0.2) is 53.9 Å². The normalized spacial score (nSPS) is 19.1. The van der Waals surface area contributed by atoms with E-state index in [4.69, 9.17) is 4.74 Å². The number of nitrogens with two attached hydrogens (primary N) is 1. The molecule has 146 valence electrons. The largest absolute Gasteiger partial charge is 0.378 e. The number of hydrogen-bond acceptors (Lipinski definition) is 6. The molecule has 1 saturated heterocycles. The van der Waals surface area contributed by atoms with E-state index in [0.29, 0.717) is 0 Å². The summed E-state index contributed by atoms with van der Waals surface area (Å²) in [4.78, 5) is 6.16. The molecule has 2 aromatic heterocycles. The molecule has 0 amide bonds. The predicted octanol–water partition coefficient (Wildman–Crippen LogP) is 1.70. The van der Waals surface area contributed by atoms with Crippen LogP contribution in [0.1, 0.15) is 11.8 Å². The number of hydrogen-bond donors (Lipinski definition) is 1. The summed E-state index contributed by atoms with van der Waals surface area (Å²) < 4.78 is 8.27. The number of quaternary nitrogens is 1. The number of rotatable bonds is 6. The Balaban J connectivity index is 1.35. The summed E-state index contributed by atoms with van der Waals surface area (Å²) in [5.41, 5.74) is 3.42. The molecule has 3 aromatic rings. The summed E-state index contributed by atoms with van der Waals surface area (Å²) >= 11 is 1.69. The summed E-state index contributed by atoms with van der Waals surface area (Å²) in [5, 5.41) is 11.8. The first-order valence-electron chi connectivity index (χ1n) is 9.30. The molecule has 1 aromatic carbocycles. The van der Waals surface area contributed by atoms with Crippen LogP contribution in [-0.4, -0.2) is 52.2 Å². The van der Waals surface area contributed by atoms with Crippen LogP contribution in [0.4, 0.5) is 5.69 Å². The summed E-state index contributed by atoms with van der Waals surface area (Å²) in [5.74, 6) is 1.70. The summed E-state index contributed by atoms with van der Waals surface area (Å²) in [6.45, 7) is 0.947. The van der Waals surface area contributed by atoms with Gasteiger partial charge in [0, 0.05) is 56.1 Å². The molecule has 2 N–H and O–H groups in total. The van der Waals surface area contributed by atoms with Gasteiger partial charge in [-0.1, -0.05) is 11.8 Å². The molecule has 4 rings (SSSR count). The highest BCUT2D eigenvalue weighted by molar-refractivity contribution is 7.99. The minimum Gasteiger partial charge on any atom is -0.378 e. The highest BCUT2D eigenvalue weighted by Crippen LogP contribution is 2.25. The molecule has 0 spiro atoms. The number of anilines is 1. The third-order valence-corrected chi connectivity index (χ3v) is 6.01. The molecular weight excluding hydrogens is 372 g/mol. The number of thioether (sulfide) groups is 1. The first-order valence-corrected chi connectivity index (χ1v) is 10.3. The number of pyridine rings is 1. The Morgan fingerprint density at radius 3 is 2.61 bits per heavy atom. The fraction of sp³-hybridized carbons (Fsp3) is 0.350. The average molecular weight is 398 g/mol. The molecule has 8 heteroatoms. The Kier molecular flexibility index (Phi) is 5.61. The molecule has 3 heterocycles. The summed E-state index contributed by atoms with van der Waals surface area (Å²) in [6.07, 6.45) is 3.78. The Hall–Kier alpha value is -2.42. The van der Waals surface area contributed by atoms with Crippen LogP contribution in [-0.2, 0) is 11.8 Å². The quantitative estimate of drug-likeness (QED) is 0.639. The molecule has 1 aliphatic rings. The lowest BCUT2D eigenvalue weighted by molar-refractivity contribution is -0.697. The zero-order chi connectivity index (χ0) is 19.5. The molecule has 7 nitrogen and oxygen atoms in total. The van der Waals surface area contributed by atoms with E-state index in [9.17, 15) is 0 Å². The first-order chi connectivity index (χ1) is 13.6. The lowest BCUT2D eigenvalue weighted by atomic mass is 10.2. The van der Waals surface area contributed by atoms with Gasteiger partial charge in [0.2, 0.25) is 6.23 Å². The molecule has 1 aliphatic heterocycles. The first kappa shape index (κ1) is 18.9. The van der Waals surface area contributed by atoms with E-state index in [1.165, 1.54) is 11.3 Å². The van der Waals surface area contributed by atoms with Crippen molar-refractivity contribution in [2.24, 2.45) is 7.05 Å². The zero-order valence-electron chi connectivity index (χ0n) is 16.3.